The Morgan fingerprint density at radius 2 is 0.929 bits per heavy atom. The molecule has 0 aliphatic carbocycles. The van der Waals surface area contributed by atoms with Crippen LogP contribution in [0, 0.1) is 0 Å². The van der Waals surface area contributed by atoms with Crippen LogP contribution in [-0.2, 0) is 27.9 Å². The number of phosphoric ester groups is 1. The SMILES string of the molecule is CC\C=C/C=C/C=C/C=C\C=C\C=C\CCCCCC(=O)OC(/C=C/CCCCCCCCCCC)C(COP(=O)(O)OCC[N+](C)(C)C)NC(=O)CCCCCCC/C=C/CCCCCCCCC. The third-order valence-electron chi connectivity index (χ3n) is 11.9. The number of unbranched alkanes of at least 4 members (excludes halogenated alkanes) is 24. The molecule has 0 heterocycles. The molecule has 70 heavy (non-hydrogen) atoms. The average molecular weight is 998 g/mol. The molecule has 2 N–H and O–H groups in total. The molecule has 3 unspecified atom stereocenters. The third-order valence-corrected chi connectivity index (χ3v) is 12.9. The highest BCUT2D eigenvalue weighted by atomic mass is 31.2. The van der Waals surface area contributed by atoms with Gasteiger partial charge in [-0.2, -0.15) is 0 Å². The number of likely N-dealkylation sites (N-methyl/N-ethyl adjacent to an activating group) is 1. The van der Waals surface area contributed by atoms with Gasteiger partial charge in [-0.1, -0.05) is 227 Å². The van der Waals surface area contributed by atoms with Gasteiger partial charge in [0.1, 0.15) is 19.3 Å². The summed E-state index contributed by atoms with van der Waals surface area (Å²) in [6.07, 6.45) is 65.4. The highest BCUT2D eigenvalue weighted by Gasteiger charge is 2.30. The van der Waals surface area contributed by atoms with Crippen molar-refractivity contribution in [2.75, 3.05) is 40.9 Å². The summed E-state index contributed by atoms with van der Waals surface area (Å²) in [5, 5.41) is 3.03. The molecule has 0 aliphatic rings. The van der Waals surface area contributed by atoms with Crippen LogP contribution in [0.1, 0.15) is 220 Å². The van der Waals surface area contributed by atoms with E-state index in [4.69, 9.17) is 13.8 Å². The van der Waals surface area contributed by atoms with Crippen LogP contribution < -0.4 is 5.32 Å². The van der Waals surface area contributed by atoms with Crippen LogP contribution >= 0.6 is 7.82 Å². The van der Waals surface area contributed by atoms with E-state index in [0.717, 1.165) is 83.5 Å². The fourth-order valence-electron chi connectivity index (χ4n) is 7.55. The van der Waals surface area contributed by atoms with E-state index < -0.39 is 20.0 Å². The van der Waals surface area contributed by atoms with E-state index in [-0.39, 0.29) is 31.5 Å². The zero-order valence-corrected chi connectivity index (χ0v) is 46.6. The number of carbonyl (C=O) groups is 2. The summed E-state index contributed by atoms with van der Waals surface area (Å²) in [4.78, 5) is 37.5. The lowest BCUT2D eigenvalue weighted by atomic mass is 10.1. The largest absolute Gasteiger partial charge is 0.472 e. The van der Waals surface area contributed by atoms with Crippen LogP contribution in [0.3, 0.4) is 0 Å². The van der Waals surface area contributed by atoms with Crippen LogP contribution in [0.5, 0.6) is 0 Å². The third kappa shape index (κ3) is 49.9. The Labute approximate surface area is 430 Å². The zero-order valence-electron chi connectivity index (χ0n) is 45.7. The average Bonchev–Trinajstić information content (AvgIpc) is 3.32. The minimum Gasteiger partial charge on any atom is -0.456 e. The predicted molar refractivity (Wildman–Crippen MR) is 300 cm³/mol. The molecule has 0 fully saturated rings. The van der Waals surface area contributed by atoms with Crippen molar-refractivity contribution in [2.45, 2.75) is 232 Å². The highest BCUT2D eigenvalue weighted by Crippen LogP contribution is 2.43. The van der Waals surface area contributed by atoms with E-state index in [0.29, 0.717) is 23.9 Å². The molecule has 3 atom stereocenters. The molecule has 0 spiro atoms. The van der Waals surface area contributed by atoms with Crippen molar-refractivity contribution in [2.24, 2.45) is 0 Å². The van der Waals surface area contributed by atoms with Crippen molar-refractivity contribution in [1.82, 2.24) is 5.32 Å². The quantitative estimate of drug-likeness (QED) is 0.0156. The van der Waals surface area contributed by atoms with Crippen molar-refractivity contribution < 1.29 is 37.3 Å². The smallest absolute Gasteiger partial charge is 0.456 e. The number of nitrogens with one attached hydrogen (secondary N) is 1. The molecule has 0 aromatic rings. The first-order chi connectivity index (χ1) is 33.9. The van der Waals surface area contributed by atoms with Gasteiger partial charge < -0.3 is 19.4 Å². The Balaban J connectivity index is 5.45. The number of esters is 1. The molecule has 1 amide bonds. The van der Waals surface area contributed by atoms with Crippen LogP contribution in [0.2, 0.25) is 0 Å². The van der Waals surface area contributed by atoms with Crippen molar-refractivity contribution in [1.29, 1.82) is 0 Å². The lowest BCUT2D eigenvalue weighted by Gasteiger charge is -2.27. The first kappa shape index (κ1) is 66.9. The number of allylic oxidation sites excluding steroid dienone is 15. The minimum atomic E-state index is -4.46. The lowest BCUT2D eigenvalue weighted by molar-refractivity contribution is -0.870. The highest BCUT2D eigenvalue weighted by molar-refractivity contribution is 7.47. The van der Waals surface area contributed by atoms with Crippen molar-refractivity contribution in [3.05, 3.63) is 97.2 Å². The van der Waals surface area contributed by atoms with Gasteiger partial charge in [0.05, 0.1) is 33.8 Å². The van der Waals surface area contributed by atoms with Crippen LogP contribution in [0.25, 0.3) is 0 Å². The van der Waals surface area contributed by atoms with E-state index in [1.807, 2.05) is 94.1 Å². The summed E-state index contributed by atoms with van der Waals surface area (Å²) in [6, 6.07) is -0.875. The molecule has 10 heteroatoms. The van der Waals surface area contributed by atoms with Crippen LogP contribution in [-0.4, -0.2) is 74.3 Å². The first-order valence-electron chi connectivity index (χ1n) is 28.1. The number of carbonyl (C=O) groups excluding carboxylic acids is 2. The Morgan fingerprint density at radius 1 is 0.514 bits per heavy atom. The van der Waals surface area contributed by atoms with Gasteiger partial charge in [0.15, 0.2) is 0 Å². The van der Waals surface area contributed by atoms with E-state index >= 15 is 0 Å². The van der Waals surface area contributed by atoms with E-state index in [9.17, 15) is 19.0 Å². The van der Waals surface area contributed by atoms with Crippen LogP contribution in [0.15, 0.2) is 97.2 Å². The maximum absolute atomic E-state index is 13.5. The molecule has 0 rings (SSSR count). The lowest BCUT2D eigenvalue weighted by Crippen LogP contribution is -2.47. The zero-order chi connectivity index (χ0) is 51.5. The second-order valence-electron chi connectivity index (χ2n) is 19.9. The fourth-order valence-corrected chi connectivity index (χ4v) is 8.29. The number of quaternary nitrogens is 1. The maximum atomic E-state index is 13.5. The van der Waals surface area contributed by atoms with Gasteiger partial charge in [0.2, 0.25) is 5.91 Å². The van der Waals surface area contributed by atoms with Gasteiger partial charge in [-0.15, -0.1) is 0 Å². The van der Waals surface area contributed by atoms with E-state index in [1.54, 1.807) is 0 Å². The summed E-state index contributed by atoms with van der Waals surface area (Å²) in [5.74, 6) is -0.573. The summed E-state index contributed by atoms with van der Waals surface area (Å²) >= 11 is 0. The summed E-state index contributed by atoms with van der Waals surface area (Å²) < 4.78 is 30.5. The first-order valence-corrected chi connectivity index (χ1v) is 29.6. The summed E-state index contributed by atoms with van der Waals surface area (Å²) in [7, 11) is 1.45. The van der Waals surface area contributed by atoms with Crippen molar-refractivity contribution in [3.63, 3.8) is 0 Å². The molecule has 402 valence electrons. The van der Waals surface area contributed by atoms with Crippen LogP contribution in [0.4, 0.5) is 0 Å². The second kappa shape index (κ2) is 49.5. The molecular formula is C60H106N2O7P+. The van der Waals surface area contributed by atoms with Gasteiger partial charge in [-0.25, -0.2) is 4.57 Å². The predicted octanol–water partition coefficient (Wildman–Crippen LogP) is 16.8. The monoisotopic (exact) mass is 998 g/mol. The minimum absolute atomic E-state index is 0.0263. The van der Waals surface area contributed by atoms with Gasteiger partial charge in [0.25, 0.3) is 0 Å². The molecule has 0 bridgehead atoms. The van der Waals surface area contributed by atoms with E-state index in [1.165, 1.54) is 96.3 Å². The molecule has 0 saturated carbocycles. The topological polar surface area (TPSA) is 111 Å². The van der Waals surface area contributed by atoms with E-state index in [2.05, 4.69) is 50.4 Å². The van der Waals surface area contributed by atoms with Crippen molar-refractivity contribution >= 4 is 19.7 Å². The standard InChI is InChI=1S/C60H105N2O7P/c1-7-10-13-16-19-22-25-27-29-31-33-35-38-41-44-47-50-53-60(64)69-58(51-48-45-42-39-36-24-21-18-15-12-9-3)57(56-68-70(65,66)67-55-54-62(4,5)6)61-59(63)52-49-46-43-40-37-34-32-30-28-26-23-20-17-14-11-8-2/h10,13,16,19,22,25,27,29-33,35,38,48,51,57-58H,7-9,11-12,14-15,17-18,20-21,23-24,26,28,34,36-37,39-47,49-50,52-56H2,1-6H3,(H-,61,63,65,66)/p+1/b13-10-,19-16+,25-22+,29-27-,32-30+,33-31+,38-35+,51-48+. The second-order valence-corrected chi connectivity index (χ2v) is 21.3. The fraction of sp³-hybridized carbons (Fsp3) is 0.700. The normalized spacial score (nSPS) is 14.6. The van der Waals surface area contributed by atoms with Gasteiger partial charge >= 0.3 is 13.8 Å². The number of hydrogen-bond donors (Lipinski definition) is 2. The number of nitrogens with zero attached hydrogens (tertiary/aromatic N) is 1. The summed E-state index contributed by atoms with van der Waals surface area (Å²) in [6.45, 7) is 6.80. The molecular weight excluding hydrogens is 892 g/mol. The number of amides is 1. The Morgan fingerprint density at radius 3 is 1.43 bits per heavy atom. The van der Waals surface area contributed by atoms with Crippen molar-refractivity contribution in [3.8, 4) is 0 Å². The Kier molecular flexibility index (Phi) is 47.3. The van der Waals surface area contributed by atoms with Gasteiger partial charge in [-0.05, 0) is 76.7 Å². The molecule has 0 aromatic carbocycles. The Bertz CT molecular complexity index is 1520. The molecule has 0 aliphatic heterocycles. The number of hydrogen-bond acceptors (Lipinski definition) is 6. The summed E-state index contributed by atoms with van der Waals surface area (Å²) in [5.41, 5.74) is 0. The molecule has 0 radical (unpaired) electrons. The van der Waals surface area contributed by atoms with Gasteiger partial charge in [0, 0.05) is 12.8 Å². The molecule has 9 nitrogen and oxygen atoms in total. The van der Waals surface area contributed by atoms with Gasteiger partial charge in [-0.3, -0.25) is 18.6 Å². The maximum Gasteiger partial charge on any atom is 0.472 e. The number of phosphoric acid groups is 1. The molecule has 0 saturated heterocycles. The molecule has 0 aromatic heterocycles. The Hall–Kier alpha value is -3.07. The number of rotatable bonds is 49. The number of ether oxygens (including phenoxy) is 1.